The molecule has 0 aliphatic rings. The zero-order valence-electron chi connectivity index (χ0n) is 17.1. The monoisotopic (exact) mass is 454 g/mol. The molecule has 0 heterocycles. The van der Waals surface area contributed by atoms with Crippen LogP contribution < -0.4 is 19.7 Å². The third-order valence-corrected chi connectivity index (χ3v) is 5.40. The van der Waals surface area contributed by atoms with Gasteiger partial charge in [-0.2, -0.15) is 0 Å². The Morgan fingerprint density at radius 2 is 1.84 bits per heavy atom. The number of benzene rings is 2. The molecule has 0 aliphatic carbocycles. The van der Waals surface area contributed by atoms with Gasteiger partial charge in [0.1, 0.15) is 5.82 Å². The number of methoxy groups -OCH3 is 1. The van der Waals surface area contributed by atoms with Crippen LogP contribution in [0, 0.1) is 11.7 Å². The average molecular weight is 454 g/mol. The molecule has 2 rings (SSSR count). The summed E-state index contributed by atoms with van der Waals surface area (Å²) in [5.41, 5.74) is 1.29. The summed E-state index contributed by atoms with van der Waals surface area (Å²) >= 11 is 0. The van der Waals surface area contributed by atoms with Gasteiger partial charge in [0.15, 0.2) is 11.5 Å². The molecule has 0 atom stereocenters. The van der Waals surface area contributed by atoms with Crippen LogP contribution in [-0.2, 0) is 10.0 Å². The number of sulfonamides is 1. The second-order valence-electron chi connectivity index (χ2n) is 6.90. The first-order chi connectivity index (χ1) is 14.5. The minimum absolute atomic E-state index is 0.0843. The third kappa shape index (κ3) is 6.40. The Hall–Kier alpha value is -3.18. The molecule has 0 saturated carbocycles. The van der Waals surface area contributed by atoms with E-state index < -0.39 is 38.2 Å². The maximum absolute atomic E-state index is 13.5. The molecule has 1 amide bonds. The molecule has 0 fully saturated rings. The van der Waals surface area contributed by atoms with E-state index in [9.17, 15) is 22.4 Å². The number of carbonyl (C=O) groups excluding carboxylic acids is 1. The highest BCUT2D eigenvalue weighted by atomic mass is 32.2. The number of nitrogens with one attached hydrogen (secondary N) is 2. The lowest BCUT2D eigenvalue weighted by atomic mass is 10.1. The van der Waals surface area contributed by atoms with Crippen LogP contribution in [0.2, 0.25) is 0 Å². The summed E-state index contributed by atoms with van der Waals surface area (Å²) in [6.07, 6.45) is 0.833. The summed E-state index contributed by atoms with van der Waals surface area (Å²) in [6.45, 7) is 4.59. The summed E-state index contributed by atoms with van der Waals surface area (Å²) in [5.74, 6) is -2.32. The highest BCUT2D eigenvalue weighted by molar-refractivity contribution is 7.89. The van der Waals surface area contributed by atoms with Gasteiger partial charge in [-0.05, 0) is 48.7 Å². The molecule has 2 aromatic rings. The number of carboxylic acids is 1. The quantitative estimate of drug-likeness (QED) is 0.470. The topological polar surface area (TPSA) is 131 Å². The molecule has 168 valence electrons. The summed E-state index contributed by atoms with van der Waals surface area (Å²) in [5, 5.41) is 8.93. The molecule has 0 unspecified atom stereocenters. The molecule has 9 nitrogen and oxygen atoms in total. The minimum Gasteiger partial charge on any atom is -0.493 e. The Morgan fingerprint density at radius 3 is 2.45 bits per heavy atom. The number of carbonyl (C=O) groups is 2. The molecule has 0 aromatic heterocycles. The van der Waals surface area contributed by atoms with Crippen LogP contribution in [0.5, 0.6) is 11.5 Å². The Morgan fingerprint density at radius 1 is 1.13 bits per heavy atom. The van der Waals surface area contributed by atoms with E-state index >= 15 is 0 Å². The average Bonchev–Trinajstić information content (AvgIpc) is 2.71. The number of amides is 1. The van der Waals surface area contributed by atoms with E-state index in [-0.39, 0.29) is 5.56 Å². The van der Waals surface area contributed by atoms with Gasteiger partial charge in [0, 0.05) is 5.56 Å². The zero-order chi connectivity index (χ0) is 23.2. The number of carboxylic acid groups (broad SMARTS) is 1. The molecule has 0 saturated heterocycles. The fraction of sp³-hybridized carbons (Fsp3) is 0.300. The van der Waals surface area contributed by atoms with E-state index in [2.05, 4.69) is 13.8 Å². The predicted octanol–water partition coefficient (Wildman–Crippen LogP) is 2.58. The van der Waals surface area contributed by atoms with Crippen molar-refractivity contribution >= 4 is 21.9 Å². The van der Waals surface area contributed by atoms with E-state index in [4.69, 9.17) is 14.6 Å². The summed E-state index contributed by atoms with van der Waals surface area (Å²) in [6, 6.07) is 6.58. The molecule has 0 aliphatic heterocycles. The smallest absolute Gasteiger partial charge is 0.338 e. The second kappa shape index (κ2) is 10.2. The lowest BCUT2D eigenvalue weighted by Crippen LogP contribution is -2.41. The zero-order valence-corrected chi connectivity index (χ0v) is 18.0. The number of hydrogen-bond donors (Lipinski definition) is 3. The summed E-state index contributed by atoms with van der Waals surface area (Å²) in [4.78, 5) is 24.7. The molecule has 3 N–H and O–H groups in total. The number of hydrazine groups is 1. The first-order valence-corrected chi connectivity index (χ1v) is 10.7. The van der Waals surface area contributed by atoms with Gasteiger partial charge in [-0.25, -0.2) is 17.6 Å². The van der Waals surface area contributed by atoms with Crippen LogP contribution in [0.4, 0.5) is 4.39 Å². The number of aromatic carboxylic acids is 1. The predicted molar refractivity (Wildman–Crippen MR) is 109 cm³/mol. The van der Waals surface area contributed by atoms with E-state index in [0.717, 1.165) is 12.5 Å². The van der Waals surface area contributed by atoms with Crippen molar-refractivity contribution in [2.24, 2.45) is 5.92 Å². The van der Waals surface area contributed by atoms with Gasteiger partial charge in [0.05, 0.1) is 24.2 Å². The van der Waals surface area contributed by atoms with Crippen molar-refractivity contribution in [1.82, 2.24) is 10.3 Å². The normalized spacial score (nSPS) is 11.3. The number of halogens is 1. The van der Waals surface area contributed by atoms with Crippen LogP contribution in [0.1, 0.15) is 41.0 Å². The van der Waals surface area contributed by atoms with Crippen molar-refractivity contribution < 1.29 is 37.0 Å². The minimum atomic E-state index is -4.35. The van der Waals surface area contributed by atoms with Crippen molar-refractivity contribution in [3.05, 3.63) is 53.3 Å². The van der Waals surface area contributed by atoms with Gasteiger partial charge in [-0.1, -0.05) is 13.8 Å². The number of rotatable bonds is 10. The van der Waals surface area contributed by atoms with Gasteiger partial charge in [0.2, 0.25) is 0 Å². The van der Waals surface area contributed by atoms with Gasteiger partial charge >= 0.3 is 5.97 Å². The molecule has 0 spiro atoms. The van der Waals surface area contributed by atoms with Crippen LogP contribution >= 0.6 is 0 Å². The number of hydrogen-bond acceptors (Lipinski definition) is 6. The second-order valence-corrected chi connectivity index (χ2v) is 8.59. The third-order valence-electron chi connectivity index (χ3n) is 4.16. The first-order valence-electron chi connectivity index (χ1n) is 9.21. The van der Waals surface area contributed by atoms with Crippen molar-refractivity contribution in [2.75, 3.05) is 13.7 Å². The Balaban J connectivity index is 2.11. The highest BCUT2D eigenvalue weighted by Crippen LogP contribution is 2.28. The van der Waals surface area contributed by atoms with Crippen LogP contribution in [0.25, 0.3) is 0 Å². The lowest BCUT2D eigenvalue weighted by molar-refractivity contribution is 0.0691. The molecular weight excluding hydrogens is 431 g/mol. The first kappa shape index (κ1) is 24.1. The standard InChI is InChI=1S/C20H23FN2O7S/c1-12(2)8-9-30-17-7-4-13(10-18(17)29-3)19(24)22-23-31(27,28)14-5-6-16(21)15(11-14)20(25)26/h4-7,10-12,23H,8-9H2,1-3H3,(H,22,24)(H,25,26). The molecule has 2 aromatic carbocycles. The number of ether oxygens (including phenoxy) is 2. The van der Waals surface area contributed by atoms with Crippen molar-refractivity contribution in [1.29, 1.82) is 0 Å². The van der Waals surface area contributed by atoms with Crippen LogP contribution in [0.15, 0.2) is 41.3 Å². The summed E-state index contributed by atoms with van der Waals surface area (Å²) < 4.78 is 49.0. The van der Waals surface area contributed by atoms with Crippen LogP contribution in [0.3, 0.4) is 0 Å². The molecule has 31 heavy (non-hydrogen) atoms. The van der Waals surface area contributed by atoms with Gasteiger partial charge in [-0.15, -0.1) is 4.83 Å². The van der Waals surface area contributed by atoms with E-state index in [0.29, 0.717) is 36.2 Å². The van der Waals surface area contributed by atoms with Crippen LogP contribution in [-0.4, -0.2) is 39.1 Å². The van der Waals surface area contributed by atoms with Gasteiger partial charge < -0.3 is 14.6 Å². The van der Waals surface area contributed by atoms with E-state index in [1.807, 2.05) is 10.3 Å². The Bertz CT molecular complexity index is 1070. The lowest BCUT2D eigenvalue weighted by Gasteiger charge is -2.13. The van der Waals surface area contributed by atoms with E-state index in [1.165, 1.54) is 25.3 Å². The maximum Gasteiger partial charge on any atom is 0.338 e. The molecule has 11 heteroatoms. The van der Waals surface area contributed by atoms with Gasteiger partial charge in [0.25, 0.3) is 15.9 Å². The van der Waals surface area contributed by atoms with Crippen molar-refractivity contribution in [3.8, 4) is 11.5 Å². The largest absolute Gasteiger partial charge is 0.493 e. The Labute approximate surface area is 179 Å². The molecule has 0 bridgehead atoms. The fourth-order valence-corrected chi connectivity index (χ4v) is 3.28. The fourth-order valence-electron chi connectivity index (χ4n) is 2.41. The Kier molecular flexibility index (Phi) is 7.95. The van der Waals surface area contributed by atoms with Crippen molar-refractivity contribution in [2.45, 2.75) is 25.2 Å². The highest BCUT2D eigenvalue weighted by Gasteiger charge is 2.20. The molecular formula is C20H23FN2O7S. The summed E-state index contributed by atoms with van der Waals surface area (Å²) in [7, 11) is -2.94. The maximum atomic E-state index is 13.5. The molecule has 0 radical (unpaired) electrons. The SMILES string of the molecule is COc1cc(C(=O)NNS(=O)(=O)c2ccc(F)c(C(=O)O)c2)ccc1OCCC(C)C. The van der Waals surface area contributed by atoms with Crippen molar-refractivity contribution in [3.63, 3.8) is 0 Å². The van der Waals surface area contributed by atoms with E-state index in [1.54, 1.807) is 0 Å². The van der Waals surface area contributed by atoms with Gasteiger partial charge in [-0.3, -0.25) is 10.2 Å².